The van der Waals surface area contributed by atoms with Gasteiger partial charge in [0.05, 0.1) is 32.4 Å². The molecular formula is C60H88N18O20S. The Morgan fingerprint density at radius 3 is 1.51 bits per heavy atom. The zero-order chi connectivity index (χ0) is 74.4. The Bertz CT molecular complexity index is 3280. The molecule has 1 fully saturated rings. The van der Waals surface area contributed by atoms with E-state index < -0.39 is 199 Å². The monoisotopic (exact) mass is 1410 g/mol. The van der Waals surface area contributed by atoms with E-state index >= 15 is 0 Å². The number of aliphatic imine (C=N–C) groups is 1. The lowest BCUT2D eigenvalue weighted by Crippen LogP contribution is -2.60. The number of carbonyl (C=O) groups excluding carboxylic acids is 15. The molecule has 3 rings (SSSR count). The summed E-state index contributed by atoms with van der Waals surface area (Å²) < 4.78 is 0. The molecule has 0 aliphatic carbocycles. The number of guanidine groups is 1. The number of hydrogen-bond acceptors (Lipinski definition) is 21. The number of primary amides is 3. The van der Waals surface area contributed by atoms with Gasteiger partial charge in [-0.15, -0.1) is 0 Å². The molecular weight excluding hydrogens is 1320 g/mol. The van der Waals surface area contributed by atoms with Crippen molar-refractivity contribution in [2.45, 2.75) is 158 Å². The van der Waals surface area contributed by atoms with E-state index in [1.54, 1.807) is 13.8 Å². The maximum absolute atomic E-state index is 14.2. The second kappa shape index (κ2) is 40.6. The molecule has 11 atom stereocenters. The fraction of sp³-hybridized carbons (Fsp3) is 0.517. The molecule has 1 aliphatic rings. The number of phenols is 2. The van der Waals surface area contributed by atoms with Crippen LogP contribution < -0.4 is 87.2 Å². The maximum atomic E-state index is 14.2. The number of carboxylic acids is 1. The first-order valence-electron chi connectivity index (χ1n) is 31.0. The molecule has 1 aliphatic heterocycles. The number of benzene rings is 2. The second-order valence-electron chi connectivity index (χ2n) is 23.5. The van der Waals surface area contributed by atoms with Crippen molar-refractivity contribution >= 4 is 113 Å². The number of nitrogens with one attached hydrogen (secondary N) is 11. The van der Waals surface area contributed by atoms with E-state index in [1.807, 2.05) is 0 Å². The molecule has 2 aromatic rings. The van der Waals surface area contributed by atoms with Gasteiger partial charge in [0.25, 0.3) is 0 Å². The van der Waals surface area contributed by atoms with E-state index in [1.165, 1.54) is 55.5 Å². The molecule has 0 spiro atoms. The Kier molecular flexibility index (Phi) is 33.8. The third-order valence-electron chi connectivity index (χ3n) is 14.8. The summed E-state index contributed by atoms with van der Waals surface area (Å²) in [6.07, 6.45) is -3.33. The van der Waals surface area contributed by atoms with Crippen molar-refractivity contribution in [3.8, 4) is 11.5 Å². The molecule has 15 amide bonds. The summed E-state index contributed by atoms with van der Waals surface area (Å²) in [6, 6.07) is -6.28. The van der Waals surface area contributed by atoms with Crippen LogP contribution in [0.2, 0.25) is 0 Å². The number of amides is 15. The van der Waals surface area contributed by atoms with Gasteiger partial charge in [0.15, 0.2) is 5.96 Å². The number of carbonyl (C=O) groups is 16. The molecule has 99 heavy (non-hydrogen) atoms. The minimum Gasteiger partial charge on any atom is -0.508 e. The van der Waals surface area contributed by atoms with Gasteiger partial charge in [-0.25, -0.2) is 0 Å². The van der Waals surface area contributed by atoms with E-state index in [9.17, 15) is 97.1 Å². The minimum atomic E-state index is -2.07. The number of nitrogens with two attached hydrogens (primary N) is 5. The third kappa shape index (κ3) is 29.2. The number of rotatable bonds is 41. The highest BCUT2D eigenvalue weighted by molar-refractivity contribution is 7.80. The van der Waals surface area contributed by atoms with Gasteiger partial charge < -0.3 is 112 Å². The van der Waals surface area contributed by atoms with Crippen LogP contribution in [0.4, 0.5) is 0 Å². The summed E-state index contributed by atoms with van der Waals surface area (Å²) in [6.45, 7) is 3.76. The molecule has 0 radical (unpaired) electrons. The average molecular weight is 1410 g/mol. The fourth-order valence-electron chi connectivity index (χ4n) is 9.82. The number of aliphatic hydroxyl groups is 1. The topological polar surface area (TPSA) is 632 Å². The molecule has 38 nitrogen and oxygen atoms in total. The van der Waals surface area contributed by atoms with Gasteiger partial charge in [0.2, 0.25) is 88.6 Å². The quantitative estimate of drug-likeness (QED) is 0.0127. The van der Waals surface area contributed by atoms with E-state index in [0.717, 1.165) is 11.8 Å². The van der Waals surface area contributed by atoms with E-state index in [-0.39, 0.29) is 81.4 Å². The summed E-state index contributed by atoms with van der Waals surface area (Å²) in [4.78, 5) is 217. The van der Waals surface area contributed by atoms with Crippen LogP contribution in [0.25, 0.3) is 0 Å². The Labute approximate surface area is 572 Å². The highest BCUT2D eigenvalue weighted by Gasteiger charge is 2.41. The van der Waals surface area contributed by atoms with Crippen molar-refractivity contribution in [1.29, 1.82) is 0 Å². The SMILES string of the molecule is CC(=O)N[C@@H](CC(C)C)C(=O)N[C@@H](Cc1ccc(O)cc1)C(=O)N[C@@H](CCCN=C(N)N)C(=O)N[C@@H](C)C(=O)N[C@@H](CC(N)=O)C(=O)NCC(=O)N[C@@H](CC(=O)O)C(=O)N[C@@H](CC(N)=O)C(=O)N1CCC[C@H]1C(=O)N[C@@H](CS)C(=O)N[C@@H](Cc1ccc(O)cc1)C(=O)N[C@@H](CO)C(N)=O. The van der Waals surface area contributed by atoms with Crippen molar-refractivity contribution < 1.29 is 97.1 Å². The van der Waals surface area contributed by atoms with Gasteiger partial charge in [0.1, 0.15) is 78.0 Å². The van der Waals surface area contributed by atoms with E-state index in [2.05, 4.69) is 76.1 Å². The second-order valence-corrected chi connectivity index (χ2v) is 23.8. The van der Waals surface area contributed by atoms with Crippen LogP contribution in [0.15, 0.2) is 53.5 Å². The van der Waals surface area contributed by atoms with Crippen LogP contribution in [0.1, 0.15) is 90.2 Å². The highest BCUT2D eigenvalue weighted by atomic mass is 32.1. The standard InChI is InChI=1S/C60H88N18O20S/c1-28(2)19-36(69-30(4)80)53(92)73-37(20-31-9-13-33(81)14-10-31)54(93)71-35(7-5-17-66-60(64)65)52(91)68-29(3)50(89)72-39(22-45(61)83)51(90)67-25-47(85)70-40(24-48(86)87)56(95)75-41(23-46(62)84)59(98)78-18-6-8-44(78)58(97)77-43(27-99)57(96)74-38(21-32-11-15-34(82)16-12-32)55(94)76-42(26-79)49(63)88/h9-16,28-29,35-44,79,81-82,99H,5-8,17-27H2,1-4H3,(H2,61,83)(H2,62,84)(H2,63,88)(H,67,90)(H,68,91)(H,69,80)(H,70,85)(H,71,93)(H,72,89)(H,73,92)(H,74,96)(H,75,95)(H,76,94)(H,77,97)(H,86,87)(H4,64,65,66)/t29-,35-,36-,37-,38-,39-,40-,41-,42-,43-,44-/m0/s1. The largest absolute Gasteiger partial charge is 0.508 e. The highest BCUT2D eigenvalue weighted by Crippen LogP contribution is 2.21. The lowest BCUT2D eigenvalue weighted by molar-refractivity contribution is -0.144. The Hall–Kier alpha value is -10.9. The number of nitrogens with zero attached hydrogens (tertiary/aromatic N) is 2. The van der Waals surface area contributed by atoms with E-state index in [4.69, 9.17) is 28.7 Å². The van der Waals surface area contributed by atoms with Crippen molar-refractivity contribution in [2.75, 3.05) is 32.0 Å². The summed E-state index contributed by atoms with van der Waals surface area (Å²) in [5, 5.41) is 64.8. The van der Waals surface area contributed by atoms with E-state index in [0.29, 0.717) is 11.1 Å². The summed E-state index contributed by atoms with van der Waals surface area (Å²) in [7, 11) is 0. The van der Waals surface area contributed by atoms with Gasteiger partial charge in [-0.1, -0.05) is 38.1 Å². The number of phenolic OH excluding ortho intramolecular Hbond substituents is 2. The normalized spacial score (nSPS) is 15.5. The summed E-state index contributed by atoms with van der Waals surface area (Å²) in [5.74, 6) is -18.4. The van der Waals surface area contributed by atoms with Crippen LogP contribution in [0.5, 0.6) is 11.5 Å². The van der Waals surface area contributed by atoms with Gasteiger partial charge in [-0.2, -0.15) is 12.6 Å². The smallest absolute Gasteiger partial charge is 0.305 e. The number of thiol groups is 1. The zero-order valence-electron chi connectivity index (χ0n) is 54.7. The van der Waals surface area contributed by atoms with Crippen LogP contribution in [-0.2, 0) is 89.6 Å². The van der Waals surface area contributed by atoms with Crippen molar-refractivity contribution in [3.05, 3.63) is 59.7 Å². The zero-order valence-corrected chi connectivity index (χ0v) is 55.6. The van der Waals surface area contributed by atoms with Gasteiger partial charge >= 0.3 is 5.97 Å². The molecule has 2 aromatic carbocycles. The van der Waals surface area contributed by atoms with Crippen molar-refractivity contribution in [3.63, 3.8) is 0 Å². The molecule has 0 aromatic heterocycles. The fourth-order valence-corrected chi connectivity index (χ4v) is 10.1. The molecule has 39 heteroatoms. The van der Waals surface area contributed by atoms with Gasteiger partial charge in [0, 0.05) is 38.6 Å². The molecule has 1 saturated heterocycles. The number of carboxylic acid groups (broad SMARTS) is 1. The van der Waals surface area contributed by atoms with Crippen LogP contribution in [0, 0.1) is 5.92 Å². The summed E-state index contributed by atoms with van der Waals surface area (Å²) >= 11 is 4.17. The molecule has 25 N–H and O–H groups in total. The summed E-state index contributed by atoms with van der Waals surface area (Å²) in [5.41, 5.74) is 27.9. The number of likely N-dealkylation sites (tertiary alicyclic amines) is 1. The average Bonchev–Trinajstić information content (AvgIpc) is 1.73. The first-order chi connectivity index (χ1) is 46.5. The van der Waals surface area contributed by atoms with Crippen LogP contribution in [0.3, 0.4) is 0 Å². The number of hydrogen-bond donors (Lipinski definition) is 21. The van der Waals surface area contributed by atoms with Gasteiger partial charge in [-0.3, -0.25) is 81.7 Å². The Balaban J connectivity index is 1.77. The first-order valence-corrected chi connectivity index (χ1v) is 31.6. The van der Waals surface area contributed by atoms with Crippen LogP contribution >= 0.6 is 12.6 Å². The Morgan fingerprint density at radius 1 is 0.556 bits per heavy atom. The Morgan fingerprint density at radius 2 is 1.02 bits per heavy atom. The molecule has 0 bridgehead atoms. The molecule has 544 valence electrons. The number of aliphatic hydroxyl groups excluding tert-OH is 1. The predicted molar refractivity (Wildman–Crippen MR) is 351 cm³/mol. The lowest BCUT2D eigenvalue weighted by Gasteiger charge is -2.30. The van der Waals surface area contributed by atoms with Crippen molar-refractivity contribution in [2.24, 2.45) is 39.6 Å². The van der Waals surface area contributed by atoms with Gasteiger partial charge in [-0.05, 0) is 80.3 Å². The molecule has 0 unspecified atom stereocenters. The minimum absolute atomic E-state index is 0.0416. The maximum Gasteiger partial charge on any atom is 0.305 e. The number of aromatic hydroxyl groups is 2. The lowest BCUT2D eigenvalue weighted by atomic mass is 10.0. The molecule has 1 heterocycles. The van der Waals surface area contributed by atoms with Crippen LogP contribution in [-0.4, -0.2) is 224 Å². The molecule has 0 saturated carbocycles. The first kappa shape index (κ1) is 82.4. The number of aliphatic carboxylic acids is 1. The van der Waals surface area contributed by atoms with Crippen molar-refractivity contribution in [1.82, 2.24) is 63.4 Å². The third-order valence-corrected chi connectivity index (χ3v) is 15.1. The predicted octanol–water partition coefficient (Wildman–Crippen LogP) is -8.39.